The third-order valence-corrected chi connectivity index (χ3v) is 3.73. The number of carboxylic acid groups (broad SMARTS) is 1. The summed E-state index contributed by atoms with van der Waals surface area (Å²) in [5.41, 5.74) is 5.86. The minimum absolute atomic E-state index is 0.000572. The van der Waals surface area contributed by atoms with Gasteiger partial charge in [-0.25, -0.2) is 9.59 Å². The molecule has 0 aromatic heterocycles. The number of nitrogens with one attached hydrogen (secondary N) is 2. The zero-order valence-corrected chi connectivity index (χ0v) is 15.3. The molecule has 27 heavy (non-hydrogen) atoms. The number of carbonyl (C=O) groups excluding carboxylic acids is 3. The lowest BCUT2D eigenvalue weighted by Crippen LogP contribution is -2.53. The lowest BCUT2D eigenvalue weighted by molar-refractivity contribution is -0.143. The number of carboxylic acids is 1. The SMILES string of the molecule is CC(C)[C@@H](NC(=O)[C@H](CCC(N)=O)NC(=O)OCc1ccccc1)C(=O)O. The van der Waals surface area contributed by atoms with E-state index in [0.29, 0.717) is 0 Å². The lowest BCUT2D eigenvalue weighted by atomic mass is 10.0. The molecule has 0 aliphatic heterocycles. The first-order chi connectivity index (χ1) is 12.7. The molecular weight excluding hydrogens is 354 g/mol. The number of hydrogen-bond acceptors (Lipinski definition) is 5. The summed E-state index contributed by atoms with van der Waals surface area (Å²) >= 11 is 0. The largest absolute Gasteiger partial charge is 0.480 e. The van der Waals surface area contributed by atoms with Crippen molar-refractivity contribution >= 4 is 23.9 Å². The molecule has 9 nitrogen and oxygen atoms in total. The van der Waals surface area contributed by atoms with Gasteiger partial charge >= 0.3 is 12.1 Å². The fourth-order valence-corrected chi connectivity index (χ4v) is 2.23. The molecule has 5 N–H and O–H groups in total. The van der Waals surface area contributed by atoms with Crippen molar-refractivity contribution in [2.24, 2.45) is 11.7 Å². The van der Waals surface area contributed by atoms with Crippen LogP contribution in [0.15, 0.2) is 30.3 Å². The van der Waals surface area contributed by atoms with Crippen LogP contribution in [-0.2, 0) is 25.7 Å². The summed E-state index contributed by atoms with van der Waals surface area (Å²) in [7, 11) is 0. The number of hydrogen-bond donors (Lipinski definition) is 4. The van der Waals surface area contributed by atoms with E-state index in [9.17, 15) is 24.3 Å². The average Bonchev–Trinajstić information content (AvgIpc) is 2.61. The van der Waals surface area contributed by atoms with Crippen molar-refractivity contribution in [2.75, 3.05) is 0 Å². The summed E-state index contributed by atoms with van der Waals surface area (Å²) in [5.74, 6) is -2.94. The maximum Gasteiger partial charge on any atom is 0.408 e. The van der Waals surface area contributed by atoms with E-state index in [1.165, 1.54) is 0 Å². The van der Waals surface area contributed by atoms with Gasteiger partial charge in [-0.3, -0.25) is 9.59 Å². The Morgan fingerprint density at radius 1 is 1.11 bits per heavy atom. The molecule has 0 bridgehead atoms. The number of rotatable bonds is 10. The van der Waals surface area contributed by atoms with Gasteiger partial charge in [0.25, 0.3) is 0 Å². The van der Waals surface area contributed by atoms with Crippen LogP contribution in [0.1, 0.15) is 32.3 Å². The van der Waals surface area contributed by atoms with Crippen LogP contribution in [0.5, 0.6) is 0 Å². The highest BCUT2D eigenvalue weighted by Gasteiger charge is 2.29. The summed E-state index contributed by atoms with van der Waals surface area (Å²) in [6.45, 7) is 3.28. The normalized spacial score (nSPS) is 12.7. The van der Waals surface area contributed by atoms with E-state index in [1.807, 2.05) is 6.07 Å². The number of aliphatic carboxylic acids is 1. The molecule has 0 saturated carbocycles. The number of ether oxygens (including phenoxy) is 1. The molecule has 1 aromatic rings. The Morgan fingerprint density at radius 3 is 2.26 bits per heavy atom. The zero-order chi connectivity index (χ0) is 20.4. The van der Waals surface area contributed by atoms with Crippen LogP contribution in [-0.4, -0.2) is 41.1 Å². The predicted octanol–water partition coefficient (Wildman–Crippen LogP) is 0.772. The van der Waals surface area contributed by atoms with E-state index in [1.54, 1.807) is 38.1 Å². The molecular formula is C18H25N3O6. The van der Waals surface area contributed by atoms with Gasteiger partial charge in [0, 0.05) is 6.42 Å². The second-order valence-corrected chi connectivity index (χ2v) is 6.33. The Balaban J connectivity index is 2.71. The van der Waals surface area contributed by atoms with Gasteiger partial charge in [-0.1, -0.05) is 44.2 Å². The van der Waals surface area contributed by atoms with Crippen molar-refractivity contribution in [1.82, 2.24) is 10.6 Å². The molecule has 3 amide bonds. The molecule has 0 spiro atoms. The minimum Gasteiger partial charge on any atom is -0.480 e. The molecule has 0 fully saturated rings. The summed E-state index contributed by atoms with van der Waals surface area (Å²) in [4.78, 5) is 46.6. The Labute approximate surface area is 157 Å². The smallest absolute Gasteiger partial charge is 0.408 e. The van der Waals surface area contributed by atoms with Crippen molar-refractivity contribution in [3.8, 4) is 0 Å². The molecule has 0 aliphatic rings. The van der Waals surface area contributed by atoms with Crippen molar-refractivity contribution in [3.05, 3.63) is 35.9 Å². The zero-order valence-electron chi connectivity index (χ0n) is 15.3. The average molecular weight is 379 g/mol. The minimum atomic E-state index is -1.20. The van der Waals surface area contributed by atoms with Crippen LogP contribution in [0.2, 0.25) is 0 Å². The van der Waals surface area contributed by atoms with Crippen molar-refractivity contribution in [1.29, 1.82) is 0 Å². The highest BCUT2D eigenvalue weighted by Crippen LogP contribution is 2.06. The fraction of sp³-hybridized carbons (Fsp3) is 0.444. The highest BCUT2D eigenvalue weighted by atomic mass is 16.5. The summed E-state index contributed by atoms with van der Waals surface area (Å²) < 4.78 is 5.05. The van der Waals surface area contributed by atoms with Gasteiger partial charge in [0.1, 0.15) is 18.7 Å². The standard InChI is InChI=1S/C18H25N3O6/c1-11(2)15(17(24)25)21-16(23)13(8-9-14(19)22)20-18(26)27-10-12-6-4-3-5-7-12/h3-7,11,13,15H,8-10H2,1-2H3,(H2,19,22)(H,20,26)(H,21,23)(H,24,25)/t13-,15+/m0/s1. The van der Waals surface area contributed by atoms with Crippen molar-refractivity contribution in [3.63, 3.8) is 0 Å². The van der Waals surface area contributed by atoms with E-state index >= 15 is 0 Å². The molecule has 0 saturated heterocycles. The Hall–Kier alpha value is -3.10. The number of alkyl carbamates (subject to hydrolysis) is 1. The highest BCUT2D eigenvalue weighted by molar-refractivity contribution is 5.89. The summed E-state index contributed by atoms with van der Waals surface area (Å²) in [5, 5.41) is 13.9. The number of amides is 3. The molecule has 9 heteroatoms. The van der Waals surface area contributed by atoms with Crippen LogP contribution < -0.4 is 16.4 Å². The fourth-order valence-electron chi connectivity index (χ4n) is 2.23. The van der Waals surface area contributed by atoms with Gasteiger partial charge in [0.15, 0.2) is 0 Å². The van der Waals surface area contributed by atoms with Crippen LogP contribution in [0.3, 0.4) is 0 Å². The Kier molecular flexibility index (Phi) is 8.77. The third-order valence-electron chi connectivity index (χ3n) is 3.73. The predicted molar refractivity (Wildman–Crippen MR) is 96.4 cm³/mol. The van der Waals surface area contributed by atoms with E-state index in [0.717, 1.165) is 5.56 Å². The van der Waals surface area contributed by atoms with Crippen LogP contribution in [0.25, 0.3) is 0 Å². The Bertz CT molecular complexity index is 662. The quantitative estimate of drug-likeness (QED) is 0.472. The first-order valence-electron chi connectivity index (χ1n) is 8.49. The topological polar surface area (TPSA) is 148 Å². The van der Waals surface area contributed by atoms with Gasteiger partial charge in [0.05, 0.1) is 0 Å². The summed E-state index contributed by atoms with van der Waals surface area (Å²) in [6, 6.07) is 6.66. The van der Waals surface area contributed by atoms with Crippen LogP contribution in [0.4, 0.5) is 4.79 Å². The summed E-state index contributed by atoms with van der Waals surface area (Å²) in [6.07, 6.45) is -1.09. The second kappa shape index (κ2) is 10.8. The van der Waals surface area contributed by atoms with E-state index in [-0.39, 0.29) is 25.4 Å². The van der Waals surface area contributed by atoms with Crippen molar-refractivity contribution in [2.45, 2.75) is 45.4 Å². The van der Waals surface area contributed by atoms with Gasteiger partial charge in [-0.15, -0.1) is 0 Å². The van der Waals surface area contributed by atoms with Gasteiger partial charge in [0.2, 0.25) is 11.8 Å². The van der Waals surface area contributed by atoms with E-state index in [2.05, 4.69) is 10.6 Å². The molecule has 2 atom stereocenters. The number of nitrogens with two attached hydrogens (primary N) is 1. The maximum absolute atomic E-state index is 12.4. The number of benzene rings is 1. The molecule has 1 rings (SSSR count). The van der Waals surface area contributed by atoms with Gasteiger partial charge in [-0.05, 0) is 17.9 Å². The van der Waals surface area contributed by atoms with Gasteiger partial charge < -0.3 is 26.2 Å². The Morgan fingerprint density at radius 2 is 1.74 bits per heavy atom. The first kappa shape index (κ1) is 21.9. The molecule has 0 aliphatic carbocycles. The lowest BCUT2D eigenvalue weighted by Gasteiger charge is -2.22. The van der Waals surface area contributed by atoms with Gasteiger partial charge in [-0.2, -0.15) is 0 Å². The van der Waals surface area contributed by atoms with E-state index in [4.69, 9.17) is 10.5 Å². The monoisotopic (exact) mass is 379 g/mol. The number of primary amides is 1. The molecule has 0 radical (unpaired) electrons. The second-order valence-electron chi connectivity index (χ2n) is 6.33. The number of carbonyl (C=O) groups is 4. The first-order valence-corrected chi connectivity index (χ1v) is 8.49. The van der Waals surface area contributed by atoms with Crippen LogP contribution in [0, 0.1) is 5.92 Å². The third kappa shape index (κ3) is 8.21. The molecule has 1 aromatic carbocycles. The maximum atomic E-state index is 12.4. The van der Waals surface area contributed by atoms with Crippen molar-refractivity contribution < 1.29 is 29.0 Å². The van der Waals surface area contributed by atoms with E-state index < -0.39 is 36.0 Å². The molecule has 0 unspecified atom stereocenters. The van der Waals surface area contributed by atoms with Crippen LogP contribution >= 0.6 is 0 Å². The molecule has 0 heterocycles. The molecule has 148 valence electrons.